The van der Waals surface area contributed by atoms with Gasteiger partial charge in [0.05, 0.1) is 22.7 Å². The van der Waals surface area contributed by atoms with E-state index < -0.39 is 0 Å². The molecule has 0 atom stereocenters. The highest BCUT2D eigenvalue weighted by Crippen LogP contribution is 2.28. The van der Waals surface area contributed by atoms with Crippen molar-refractivity contribution >= 4 is 118 Å². The highest BCUT2D eigenvalue weighted by molar-refractivity contribution is 9.11. The number of terminal acetylenes is 9. The van der Waals surface area contributed by atoms with Gasteiger partial charge in [0.15, 0.2) is 0 Å². The van der Waals surface area contributed by atoms with Crippen LogP contribution in [-0.4, -0.2) is 0 Å². The lowest BCUT2D eigenvalue weighted by Gasteiger charge is -2.05. The molecular formula is C78H46Br6N4. The van der Waals surface area contributed by atoms with Crippen molar-refractivity contribution in [1.82, 2.24) is 0 Å². The fourth-order valence-corrected chi connectivity index (χ4v) is 8.93. The largest absolute Gasteiger partial charge is 0.151 e. The number of hydrogen-bond donors (Lipinski definition) is 0. The normalized spacial score (nSPS) is 9.51. The predicted octanol–water partition coefficient (Wildman–Crippen LogP) is 22.7. The zero-order valence-electron chi connectivity index (χ0n) is 46.6. The van der Waals surface area contributed by atoms with Crippen molar-refractivity contribution in [2.24, 2.45) is 20.5 Å². The van der Waals surface area contributed by atoms with Gasteiger partial charge in [0.2, 0.25) is 0 Å². The van der Waals surface area contributed by atoms with Crippen LogP contribution < -0.4 is 0 Å². The summed E-state index contributed by atoms with van der Waals surface area (Å²) in [5, 5.41) is 16.6. The SMILES string of the molecule is Brc1ccc(-c2ccc(-c3ccc(Br)cc3)cc2)cc1.Brc1ccc(N=Nc2ccc(Br)cc2)cc1.Brc1cccc(N=Nc2cccc(Br)c2)c1.C#Cc1cc(C#C)cc(C#C)c1.C#Cc1cc(C#C)cc(C#C)c1.C#Cc1cc(C#C)cc(C#C)c1. The van der Waals surface area contributed by atoms with Crippen molar-refractivity contribution in [3.05, 3.63) is 301 Å². The zero-order chi connectivity index (χ0) is 63.6. The molecule has 420 valence electrons. The first kappa shape index (κ1) is 69.1. The molecule has 0 spiro atoms. The van der Waals surface area contributed by atoms with Gasteiger partial charge in [-0.15, -0.1) is 57.8 Å². The maximum absolute atomic E-state index is 5.21. The van der Waals surface area contributed by atoms with Crippen LogP contribution in [0.1, 0.15) is 50.1 Å². The second-order valence-electron chi connectivity index (χ2n) is 17.6. The number of rotatable bonds is 6. The van der Waals surface area contributed by atoms with Crippen molar-refractivity contribution in [1.29, 1.82) is 0 Å². The third-order valence-corrected chi connectivity index (χ3v) is 14.5. The summed E-state index contributed by atoms with van der Waals surface area (Å²) in [6, 6.07) is 72.0. The van der Waals surface area contributed by atoms with Crippen molar-refractivity contribution in [2.75, 3.05) is 0 Å². The Morgan fingerprint density at radius 1 is 0.193 bits per heavy atom. The molecule has 0 aliphatic rings. The molecule has 10 aromatic rings. The molecule has 10 rings (SSSR count). The van der Waals surface area contributed by atoms with Gasteiger partial charge < -0.3 is 0 Å². The summed E-state index contributed by atoms with van der Waals surface area (Å²) < 4.78 is 6.28. The van der Waals surface area contributed by atoms with E-state index in [1.165, 1.54) is 22.3 Å². The molecule has 0 fully saturated rings. The van der Waals surface area contributed by atoms with E-state index in [1.54, 1.807) is 54.6 Å². The Morgan fingerprint density at radius 2 is 0.375 bits per heavy atom. The fourth-order valence-electron chi connectivity index (χ4n) is 7.10. The molecule has 0 aliphatic heterocycles. The Kier molecular flexibility index (Phi) is 29.6. The highest BCUT2D eigenvalue weighted by Gasteiger charge is 2.02. The van der Waals surface area contributed by atoms with Crippen LogP contribution in [0.3, 0.4) is 0 Å². The molecule has 4 nitrogen and oxygen atoms in total. The average molecular weight is 1520 g/mol. The van der Waals surface area contributed by atoms with Crippen LogP contribution in [0.25, 0.3) is 22.3 Å². The van der Waals surface area contributed by atoms with Crippen molar-refractivity contribution in [3.63, 3.8) is 0 Å². The summed E-state index contributed by atoms with van der Waals surface area (Å²) >= 11 is 20.4. The molecule has 10 aromatic carbocycles. The lowest BCUT2D eigenvalue weighted by molar-refractivity contribution is 1.23. The van der Waals surface area contributed by atoms with Crippen LogP contribution in [0.4, 0.5) is 22.7 Å². The predicted molar refractivity (Wildman–Crippen MR) is 388 cm³/mol. The number of nitrogens with zero attached hydrogens (tertiary/aromatic N) is 4. The van der Waals surface area contributed by atoms with E-state index >= 15 is 0 Å². The molecule has 0 N–H and O–H groups in total. The Bertz CT molecular complexity index is 3860. The Balaban J connectivity index is 0.000000195. The van der Waals surface area contributed by atoms with Crippen LogP contribution in [0.15, 0.2) is 272 Å². The minimum Gasteiger partial charge on any atom is -0.151 e. The first-order valence-corrected chi connectivity index (χ1v) is 30.5. The monoisotopic (exact) mass is 1510 g/mol. The number of hydrogen-bond acceptors (Lipinski definition) is 4. The van der Waals surface area contributed by atoms with E-state index in [2.05, 4.69) is 242 Å². The molecule has 88 heavy (non-hydrogen) atoms. The maximum Gasteiger partial charge on any atom is 0.0868 e. The molecule has 0 saturated carbocycles. The summed E-state index contributed by atoms with van der Waals surface area (Å²) in [6.45, 7) is 0. The Hall–Kier alpha value is -9.68. The second-order valence-corrected chi connectivity index (χ2v) is 23.1. The topological polar surface area (TPSA) is 49.4 Å². The molecule has 0 bridgehead atoms. The molecule has 10 heteroatoms. The number of azo groups is 2. The van der Waals surface area contributed by atoms with Crippen LogP contribution in [0, 0.1) is 111 Å². The van der Waals surface area contributed by atoms with Gasteiger partial charge in [-0.3, -0.25) is 0 Å². The minimum atomic E-state index is 0.721. The quantitative estimate of drug-likeness (QED) is 0.118. The Morgan fingerprint density at radius 3 is 0.568 bits per heavy atom. The van der Waals surface area contributed by atoms with Crippen molar-refractivity contribution in [3.8, 4) is 133 Å². The summed E-state index contributed by atoms with van der Waals surface area (Å²) in [5.74, 6) is 22.4. The lowest BCUT2D eigenvalue weighted by atomic mass is 10.0. The standard InChI is InChI=1S/C18H12Br2.2C12H8Br2N2.3C12H6/c19-17-9-5-15(6-10-17)13-1-2-14(4-3-13)16-7-11-18(20)12-8-16;13-9-1-5-11(6-2-9)15-16-12-7-3-10(14)4-8-12;13-9-3-1-5-11(7-9)15-16-12-6-2-4-10(14)8-12;3*1-4-10-7-11(5-2)9-12(6-3)8-10/h1-12H;2*1-8H;3*1-3,7-9H. The summed E-state index contributed by atoms with van der Waals surface area (Å²) in [4.78, 5) is 0. The molecule has 0 heterocycles. The van der Waals surface area contributed by atoms with Crippen LogP contribution in [-0.2, 0) is 0 Å². The van der Waals surface area contributed by atoms with Gasteiger partial charge in [-0.2, -0.15) is 20.5 Å². The minimum absolute atomic E-state index is 0.721. The summed E-state index contributed by atoms with van der Waals surface area (Å²) in [7, 11) is 0. The molecule has 0 aromatic heterocycles. The van der Waals surface area contributed by atoms with Gasteiger partial charge >= 0.3 is 0 Å². The summed E-state index contributed by atoms with van der Waals surface area (Å²) in [6.07, 6.45) is 46.9. The van der Waals surface area contributed by atoms with Crippen molar-refractivity contribution < 1.29 is 0 Å². The van der Waals surface area contributed by atoms with E-state index in [1.807, 2.05) is 97.1 Å². The van der Waals surface area contributed by atoms with Gasteiger partial charge in [-0.1, -0.05) is 210 Å². The van der Waals surface area contributed by atoms with E-state index in [-0.39, 0.29) is 0 Å². The average Bonchev–Trinajstić information content (AvgIpc) is 3.70. The van der Waals surface area contributed by atoms with Gasteiger partial charge in [-0.25, -0.2) is 0 Å². The fraction of sp³-hybridized carbons (Fsp3) is 0. The smallest absolute Gasteiger partial charge is 0.0868 e. The number of benzene rings is 10. The van der Waals surface area contributed by atoms with Gasteiger partial charge in [0.25, 0.3) is 0 Å². The first-order valence-electron chi connectivity index (χ1n) is 25.7. The zero-order valence-corrected chi connectivity index (χ0v) is 56.1. The van der Waals surface area contributed by atoms with E-state index in [4.69, 9.17) is 57.8 Å². The third kappa shape index (κ3) is 24.7. The molecule has 0 unspecified atom stereocenters. The Labute approximate surface area is 568 Å². The molecule has 0 aliphatic carbocycles. The molecule has 0 amide bonds. The lowest BCUT2D eigenvalue weighted by Crippen LogP contribution is -1.82. The van der Waals surface area contributed by atoms with Crippen LogP contribution in [0.2, 0.25) is 0 Å². The van der Waals surface area contributed by atoms with Crippen LogP contribution >= 0.6 is 95.6 Å². The molecule has 0 radical (unpaired) electrons. The molecular weight excluding hydrogens is 1470 g/mol. The second kappa shape index (κ2) is 37.7. The van der Waals surface area contributed by atoms with Crippen LogP contribution in [0.5, 0.6) is 0 Å². The molecule has 0 saturated heterocycles. The highest BCUT2D eigenvalue weighted by atomic mass is 79.9. The van der Waals surface area contributed by atoms with Gasteiger partial charge in [0.1, 0.15) is 0 Å². The first-order chi connectivity index (χ1) is 42.6. The van der Waals surface area contributed by atoms with Gasteiger partial charge in [0, 0.05) is 76.9 Å². The van der Waals surface area contributed by atoms with Crippen molar-refractivity contribution in [2.45, 2.75) is 0 Å². The third-order valence-electron chi connectivity index (χ3n) is 11.4. The van der Waals surface area contributed by atoms with E-state index in [0.717, 1.165) is 99.7 Å². The maximum atomic E-state index is 5.21. The number of halogens is 6. The summed E-state index contributed by atoms with van der Waals surface area (Å²) in [5.41, 5.74) is 14.8. The van der Waals surface area contributed by atoms with E-state index in [9.17, 15) is 0 Å². The van der Waals surface area contributed by atoms with Gasteiger partial charge in [-0.05, 0) is 186 Å². The van der Waals surface area contributed by atoms with E-state index in [0.29, 0.717) is 0 Å².